The average Bonchev–Trinajstić information content (AvgIpc) is 2.48. The summed E-state index contributed by atoms with van der Waals surface area (Å²) >= 11 is 5.96. The third kappa shape index (κ3) is 2.68. The zero-order chi connectivity index (χ0) is 13.9. The molecule has 0 saturated carbocycles. The van der Waals surface area contributed by atoms with E-state index in [1.54, 1.807) is 0 Å². The van der Waals surface area contributed by atoms with Crippen LogP contribution in [0.1, 0.15) is 18.5 Å². The van der Waals surface area contributed by atoms with Crippen molar-refractivity contribution in [3.05, 3.63) is 53.1 Å². The Labute approximate surface area is 123 Å². The maximum Gasteiger partial charge on any atom is 0.144 e. The SMILES string of the molecule is CCOc1ccc(C2COc3cc(Cl)ccc3N2)cc1. The Kier molecular flexibility index (Phi) is 3.70. The Bertz CT molecular complexity index is 598. The molecule has 4 heteroatoms. The Morgan fingerprint density at radius 3 is 2.80 bits per heavy atom. The van der Waals surface area contributed by atoms with Gasteiger partial charge in [-0.3, -0.25) is 0 Å². The summed E-state index contributed by atoms with van der Waals surface area (Å²) in [7, 11) is 0. The molecule has 20 heavy (non-hydrogen) atoms. The molecule has 0 spiro atoms. The lowest BCUT2D eigenvalue weighted by atomic mass is 10.1. The number of ether oxygens (including phenoxy) is 2. The summed E-state index contributed by atoms with van der Waals surface area (Å²) in [6.45, 7) is 3.24. The highest BCUT2D eigenvalue weighted by atomic mass is 35.5. The third-order valence-electron chi connectivity index (χ3n) is 3.27. The molecule has 3 rings (SSSR count). The van der Waals surface area contributed by atoms with Gasteiger partial charge in [-0.15, -0.1) is 0 Å². The summed E-state index contributed by atoms with van der Waals surface area (Å²) in [4.78, 5) is 0. The van der Waals surface area contributed by atoms with Gasteiger partial charge < -0.3 is 14.8 Å². The van der Waals surface area contributed by atoms with Crippen molar-refractivity contribution in [2.45, 2.75) is 13.0 Å². The van der Waals surface area contributed by atoms with E-state index in [0.29, 0.717) is 18.2 Å². The van der Waals surface area contributed by atoms with Gasteiger partial charge in [0.1, 0.15) is 18.1 Å². The van der Waals surface area contributed by atoms with Crippen LogP contribution in [0.3, 0.4) is 0 Å². The predicted octanol–water partition coefficient (Wildman–Crippen LogP) is 4.28. The highest BCUT2D eigenvalue weighted by Gasteiger charge is 2.20. The zero-order valence-corrected chi connectivity index (χ0v) is 12.0. The van der Waals surface area contributed by atoms with Gasteiger partial charge >= 0.3 is 0 Å². The van der Waals surface area contributed by atoms with E-state index in [2.05, 4.69) is 17.4 Å². The Morgan fingerprint density at radius 1 is 1.25 bits per heavy atom. The number of benzene rings is 2. The fraction of sp³-hybridized carbons (Fsp3) is 0.250. The van der Waals surface area contributed by atoms with Gasteiger partial charge in [0, 0.05) is 11.1 Å². The molecule has 1 aliphatic heterocycles. The number of nitrogens with one attached hydrogen (secondary N) is 1. The number of rotatable bonds is 3. The average molecular weight is 290 g/mol. The normalized spacial score (nSPS) is 16.8. The molecule has 1 heterocycles. The number of fused-ring (bicyclic) bond motifs is 1. The van der Waals surface area contributed by atoms with Crippen LogP contribution in [0.5, 0.6) is 11.5 Å². The van der Waals surface area contributed by atoms with Crippen molar-refractivity contribution < 1.29 is 9.47 Å². The topological polar surface area (TPSA) is 30.5 Å². The summed E-state index contributed by atoms with van der Waals surface area (Å²) in [6.07, 6.45) is 0. The molecular weight excluding hydrogens is 274 g/mol. The molecule has 0 aromatic heterocycles. The summed E-state index contributed by atoms with van der Waals surface area (Å²) in [6, 6.07) is 13.9. The van der Waals surface area contributed by atoms with Crippen molar-refractivity contribution in [2.24, 2.45) is 0 Å². The van der Waals surface area contributed by atoms with Crippen molar-refractivity contribution in [3.8, 4) is 11.5 Å². The molecule has 1 aliphatic rings. The Hall–Kier alpha value is -1.87. The molecule has 1 unspecified atom stereocenters. The molecule has 1 atom stereocenters. The molecule has 104 valence electrons. The van der Waals surface area contributed by atoms with Gasteiger partial charge in [-0.25, -0.2) is 0 Å². The summed E-state index contributed by atoms with van der Waals surface area (Å²) in [5.41, 5.74) is 2.15. The standard InChI is InChI=1S/C16H16ClNO2/c1-2-19-13-6-3-11(4-7-13)15-10-20-16-9-12(17)5-8-14(16)18-15/h3-9,15,18H,2,10H2,1H3. The molecule has 0 saturated heterocycles. The minimum absolute atomic E-state index is 0.138. The second-order valence-corrected chi connectivity index (χ2v) is 5.09. The van der Waals surface area contributed by atoms with Gasteiger partial charge in [0.05, 0.1) is 18.3 Å². The van der Waals surface area contributed by atoms with Gasteiger partial charge in [0.2, 0.25) is 0 Å². The van der Waals surface area contributed by atoms with Gasteiger partial charge in [0.15, 0.2) is 0 Å². The second kappa shape index (κ2) is 5.63. The minimum Gasteiger partial charge on any atom is -0.494 e. The molecule has 2 aromatic rings. The van der Waals surface area contributed by atoms with Crippen LogP contribution in [0.4, 0.5) is 5.69 Å². The first-order valence-corrected chi connectivity index (χ1v) is 7.05. The lowest BCUT2D eigenvalue weighted by molar-refractivity contribution is 0.286. The first-order chi connectivity index (χ1) is 9.76. The number of anilines is 1. The van der Waals surface area contributed by atoms with Crippen LogP contribution in [-0.2, 0) is 0 Å². The molecule has 0 bridgehead atoms. The monoisotopic (exact) mass is 289 g/mol. The molecule has 1 N–H and O–H groups in total. The van der Waals surface area contributed by atoms with Crippen LogP contribution >= 0.6 is 11.6 Å². The fourth-order valence-electron chi connectivity index (χ4n) is 2.28. The van der Waals surface area contributed by atoms with E-state index in [1.807, 2.05) is 37.3 Å². The molecule has 0 radical (unpaired) electrons. The first-order valence-electron chi connectivity index (χ1n) is 6.68. The highest BCUT2D eigenvalue weighted by molar-refractivity contribution is 6.30. The molecular formula is C16H16ClNO2. The third-order valence-corrected chi connectivity index (χ3v) is 3.51. The smallest absolute Gasteiger partial charge is 0.144 e. The lowest BCUT2D eigenvalue weighted by Gasteiger charge is -2.28. The summed E-state index contributed by atoms with van der Waals surface area (Å²) < 4.78 is 11.2. The van der Waals surface area contributed by atoms with Gasteiger partial charge in [-0.1, -0.05) is 23.7 Å². The highest BCUT2D eigenvalue weighted by Crippen LogP contribution is 2.35. The van der Waals surface area contributed by atoms with Crippen LogP contribution in [0.15, 0.2) is 42.5 Å². The van der Waals surface area contributed by atoms with E-state index in [0.717, 1.165) is 17.2 Å². The van der Waals surface area contributed by atoms with Crippen molar-refractivity contribution in [2.75, 3.05) is 18.5 Å². The van der Waals surface area contributed by atoms with Crippen LogP contribution in [0.25, 0.3) is 0 Å². The second-order valence-electron chi connectivity index (χ2n) is 4.65. The van der Waals surface area contributed by atoms with E-state index in [-0.39, 0.29) is 6.04 Å². The van der Waals surface area contributed by atoms with E-state index in [4.69, 9.17) is 21.1 Å². The number of hydrogen-bond donors (Lipinski definition) is 1. The Morgan fingerprint density at radius 2 is 2.05 bits per heavy atom. The first kappa shape index (κ1) is 13.1. The number of halogens is 1. The molecule has 3 nitrogen and oxygen atoms in total. The van der Waals surface area contributed by atoms with E-state index < -0.39 is 0 Å². The van der Waals surface area contributed by atoms with Crippen molar-refractivity contribution in [1.82, 2.24) is 0 Å². The van der Waals surface area contributed by atoms with Gasteiger partial charge in [-0.2, -0.15) is 0 Å². The predicted molar refractivity (Wildman–Crippen MR) is 80.9 cm³/mol. The van der Waals surface area contributed by atoms with Crippen molar-refractivity contribution >= 4 is 17.3 Å². The Balaban J connectivity index is 1.77. The molecule has 0 amide bonds. The van der Waals surface area contributed by atoms with Crippen LogP contribution in [0.2, 0.25) is 5.02 Å². The van der Waals surface area contributed by atoms with Crippen molar-refractivity contribution in [3.63, 3.8) is 0 Å². The summed E-state index contributed by atoms with van der Waals surface area (Å²) in [5, 5.41) is 4.15. The largest absolute Gasteiger partial charge is 0.494 e. The van der Waals surface area contributed by atoms with Gasteiger partial charge in [-0.05, 0) is 36.8 Å². The van der Waals surface area contributed by atoms with Crippen LogP contribution in [0, 0.1) is 0 Å². The van der Waals surface area contributed by atoms with Crippen LogP contribution in [-0.4, -0.2) is 13.2 Å². The van der Waals surface area contributed by atoms with E-state index in [9.17, 15) is 0 Å². The zero-order valence-electron chi connectivity index (χ0n) is 11.2. The maximum absolute atomic E-state index is 5.96. The lowest BCUT2D eigenvalue weighted by Crippen LogP contribution is -2.23. The maximum atomic E-state index is 5.96. The van der Waals surface area contributed by atoms with E-state index >= 15 is 0 Å². The minimum atomic E-state index is 0.138. The van der Waals surface area contributed by atoms with Crippen LogP contribution < -0.4 is 14.8 Å². The molecule has 0 fully saturated rings. The van der Waals surface area contributed by atoms with E-state index in [1.165, 1.54) is 5.56 Å². The molecule has 0 aliphatic carbocycles. The van der Waals surface area contributed by atoms with Gasteiger partial charge in [0.25, 0.3) is 0 Å². The molecule has 2 aromatic carbocycles. The summed E-state index contributed by atoms with van der Waals surface area (Å²) in [5.74, 6) is 1.69. The number of hydrogen-bond acceptors (Lipinski definition) is 3. The van der Waals surface area contributed by atoms with Crippen molar-refractivity contribution in [1.29, 1.82) is 0 Å². The quantitative estimate of drug-likeness (QED) is 0.914. The fourth-order valence-corrected chi connectivity index (χ4v) is 2.44.